The lowest BCUT2D eigenvalue weighted by Gasteiger charge is -2.12. The van der Waals surface area contributed by atoms with Crippen LogP contribution in [0.2, 0.25) is 0 Å². The first kappa shape index (κ1) is 15.4. The van der Waals surface area contributed by atoms with Crippen LogP contribution in [0.1, 0.15) is 43.7 Å². The fourth-order valence-corrected chi connectivity index (χ4v) is 3.65. The smallest absolute Gasteiger partial charge is 0.221 e. The molecule has 0 aliphatic heterocycles. The minimum Gasteiger partial charge on any atom is -0.353 e. The van der Waals surface area contributed by atoms with Crippen LogP contribution < -0.4 is 5.32 Å². The largest absolute Gasteiger partial charge is 0.353 e. The average Bonchev–Trinajstić information content (AvgIpc) is 2.79. The second kappa shape index (κ2) is 7.16. The zero-order valence-electron chi connectivity index (χ0n) is 12.7. The zero-order chi connectivity index (χ0) is 14.5. The van der Waals surface area contributed by atoms with E-state index in [-0.39, 0.29) is 5.91 Å². The number of rotatable bonds is 5. The van der Waals surface area contributed by atoms with Crippen molar-refractivity contribution in [2.75, 3.05) is 5.75 Å². The summed E-state index contributed by atoms with van der Waals surface area (Å²) in [5.74, 6) is 1.84. The van der Waals surface area contributed by atoms with Crippen LogP contribution in [0.3, 0.4) is 0 Å². The van der Waals surface area contributed by atoms with Gasteiger partial charge in [0.05, 0.1) is 0 Å². The quantitative estimate of drug-likeness (QED) is 0.828. The Bertz CT molecular complexity index is 472. The van der Waals surface area contributed by atoms with Gasteiger partial charge in [0.2, 0.25) is 5.91 Å². The van der Waals surface area contributed by atoms with Gasteiger partial charge in [-0.2, -0.15) is 0 Å². The van der Waals surface area contributed by atoms with Crippen LogP contribution in [0.15, 0.2) is 23.1 Å². The third kappa shape index (κ3) is 4.55. The Hall–Kier alpha value is -0.960. The third-order valence-electron chi connectivity index (χ3n) is 4.14. The number of benzene rings is 1. The number of aryl methyl sites for hydroxylation is 2. The molecular formula is C17H25NOS. The van der Waals surface area contributed by atoms with E-state index in [1.165, 1.54) is 22.4 Å². The van der Waals surface area contributed by atoms with Gasteiger partial charge in [-0.25, -0.2) is 0 Å². The van der Waals surface area contributed by atoms with Gasteiger partial charge in [0.1, 0.15) is 0 Å². The van der Waals surface area contributed by atoms with Crippen molar-refractivity contribution in [1.29, 1.82) is 0 Å². The van der Waals surface area contributed by atoms with E-state index in [1.807, 2.05) is 0 Å². The number of thioether (sulfide) groups is 1. The van der Waals surface area contributed by atoms with Gasteiger partial charge in [-0.05, 0) is 62.3 Å². The molecule has 2 nitrogen and oxygen atoms in total. The molecule has 1 aliphatic carbocycles. The first-order valence-corrected chi connectivity index (χ1v) is 8.52. The lowest BCUT2D eigenvalue weighted by Crippen LogP contribution is -2.33. The second-order valence-corrected chi connectivity index (χ2v) is 7.20. The Kier molecular flexibility index (Phi) is 5.53. The van der Waals surface area contributed by atoms with Crippen LogP contribution in [0.4, 0.5) is 0 Å². The molecule has 0 saturated heterocycles. The maximum Gasteiger partial charge on any atom is 0.221 e. The normalized spacial score (nSPS) is 21.9. The van der Waals surface area contributed by atoms with E-state index >= 15 is 0 Å². The van der Waals surface area contributed by atoms with Crippen LogP contribution in [0.5, 0.6) is 0 Å². The zero-order valence-corrected chi connectivity index (χ0v) is 13.6. The minimum absolute atomic E-state index is 0.209. The van der Waals surface area contributed by atoms with Gasteiger partial charge in [-0.1, -0.05) is 13.0 Å². The highest BCUT2D eigenvalue weighted by atomic mass is 32.2. The summed E-state index contributed by atoms with van der Waals surface area (Å²) < 4.78 is 0. The summed E-state index contributed by atoms with van der Waals surface area (Å²) in [5.41, 5.74) is 2.64. The molecule has 1 N–H and O–H groups in total. The van der Waals surface area contributed by atoms with E-state index in [0.717, 1.165) is 24.5 Å². The Morgan fingerprint density at radius 2 is 2.10 bits per heavy atom. The van der Waals surface area contributed by atoms with Crippen molar-refractivity contribution in [2.45, 2.75) is 57.4 Å². The highest BCUT2D eigenvalue weighted by Gasteiger charge is 2.22. The molecule has 0 bridgehead atoms. The molecule has 1 aromatic rings. The predicted molar refractivity (Wildman–Crippen MR) is 86.2 cm³/mol. The van der Waals surface area contributed by atoms with E-state index in [0.29, 0.717) is 12.5 Å². The van der Waals surface area contributed by atoms with Gasteiger partial charge in [0, 0.05) is 23.1 Å². The predicted octanol–water partition coefficient (Wildman–Crippen LogP) is 4.09. The summed E-state index contributed by atoms with van der Waals surface area (Å²) in [6.07, 6.45) is 4.16. The molecule has 1 amide bonds. The van der Waals surface area contributed by atoms with Crippen LogP contribution in [-0.4, -0.2) is 17.7 Å². The second-order valence-electron chi connectivity index (χ2n) is 6.03. The molecule has 3 heteroatoms. The monoisotopic (exact) mass is 291 g/mol. The first-order chi connectivity index (χ1) is 9.54. The summed E-state index contributed by atoms with van der Waals surface area (Å²) in [6.45, 7) is 6.52. The molecule has 2 unspecified atom stereocenters. The molecular weight excluding hydrogens is 266 g/mol. The summed E-state index contributed by atoms with van der Waals surface area (Å²) in [7, 11) is 0. The molecule has 1 aliphatic rings. The van der Waals surface area contributed by atoms with Crippen molar-refractivity contribution in [2.24, 2.45) is 5.92 Å². The van der Waals surface area contributed by atoms with Crippen molar-refractivity contribution >= 4 is 17.7 Å². The average molecular weight is 291 g/mol. The molecule has 1 saturated carbocycles. The molecule has 2 atom stereocenters. The Morgan fingerprint density at radius 3 is 2.75 bits per heavy atom. The number of carbonyl (C=O) groups excluding carboxylic acids is 1. The van der Waals surface area contributed by atoms with Crippen molar-refractivity contribution in [3.63, 3.8) is 0 Å². The summed E-state index contributed by atoms with van der Waals surface area (Å²) >= 11 is 1.77. The molecule has 0 radical (unpaired) electrons. The molecule has 0 aromatic heterocycles. The van der Waals surface area contributed by atoms with Crippen molar-refractivity contribution < 1.29 is 4.79 Å². The highest BCUT2D eigenvalue weighted by Crippen LogP contribution is 2.25. The van der Waals surface area contributed by atoms with Gasteiger partial charge in [0.25, 0.3) is 0 Å². The van der Waals surface area contributed by atoms with Crippen LogP contribution in [-0.2, 0) is 4.79 Å². The van der Waals surface area contributed by atoms with Gasteiger partial charge in [-0.3, -0.25) is 4.79 Å². The Balaban J connectivity index is 1.69. The van der Waals surface area contributed by atoms with Gasteiger partial charge >= 0.3 is 0 Å². The lowest BCUT2D eigenvalue weighted by atomic mass is 10.1. The van der Waals surface area contributed by atoms with Crippen LogP contribution in [0, 0.1) is 19.8 Å². The molecule has 0 heterocycles. The maximum absolute atomic E-state index is 11.9. The molecule has 1 fully saturated rings. The summed E-state index contributed by atoms with van der Waals surface area (Å²) in [4.78, 5) is 13.2. The molecule has 110 valence electrons. The van der Waals surface area contributed by atoms with Crippen LogP contribution >= 0.6 is 11.8 Å². The number of amides is 1. The lowest BCUT2D eigenvalue weighted by molar-refractivity contribution is -0.121. The van der Waals surface area contributed by atoms with E-state index < -0.39 is 0 Å². The van der Waals surface area contributed by atoms with Gasteiger partial charge in [-0.15, -0.1) is 11.8 Å². The van der Waals surface area contributed by atoms with Crippen molar-refractivity contribution in [3.8, 4) is 0 Å². The van der Waals surface area contributed by atoms with E-state index in [1.54, 1.807) is 11.8 Å². The number of hydrogen-bond donors (Lipinski definition) is 1. The fraction of sp³-hybridized carbons (Fsp3) is 0.588. The summed E-state index contributed by atoms with van der Waals surface area (Å²) in [5, 5.41) is 3.16. The maximum atomic E-state index is 11.9. The van der Waals surface area contributed by atoms with E-state index in [2.05, 4.69) is 44.3 Å². The van der Waals surface area contributed by atoms with Crippen molar-refractivity contribution in [1.82, 2.24) is 5.32 Å². The topological polar surface area (TPSA) is 29.1 Å². The van der Waals surface area contributed by atoms with Crippen molar-refractivity contribution in [3.05, 3.63) is 29.3 Å². The Morgan fingerprint density at radius 1 is 1.30 bits per heavy atom. The van der Waals surface area contributed by atoms with Gasteiger partial charge < -0.3 is 5.32 Å². The standard InChI is InChI=1S/C17H25NOS/c1-12-4-6-15(10-12)18-17(19)8-9-20-16-7-5-13(2)14(3)11-16/h5,7,11-12,15H,4,6,8-10H2,1-3H3,(H,18,19). The molecule has 1 aromatic carbocycles. The minimum atomic E-state index is 0.209. The Labute approximate surface area is 126 Å². The highest BCUT2D eigenvalue weighted by molar-refractivity contribution is 7.99. The van der Waals surface area contributed by atoms with E-state index in [9.17, 15) is 4.79 Å². The SMILES string of the molecule is Cc1ccc(SCCC(=O)NC2CCC(C)C2)cc1C. The number of carbonyl (C=O) groups is 1. The fourth-order valence-electron chi connectivity index (χ4n) is 2.70. The molecule has 20 heavy (non-hydrogen) atoms. The van der Waals surface area contributed by atoms with Gasteiger partial charge in [0.15, 0.2) is 0 Å². The van der Waals surface area contributed by atoms with E-state index in [4.69, 9.17) is 0 Å². The number of nitrogens with one attached hydrogen (secondary N) is 1. The molecule has 2 rings (SSSR count). The summed E-state index contributed by atoms with van der Waals surface area (Å²) in [6, 6.07) is 6.92. The third-order valence-corrected chi connectivity index (χ3v) is 5.13. The first-order valence-electron chi connectivity index (χ1n) is 7.54. The number of hydrogen-bond acceptors (Lipinski definition) is 2. The molecule has 0 spiro atoms. The van der Waals surface area contributed by atoms with Crippen LogP contribution in [0.25, 0.3) is 0 Å².